The summed E-state index contributed by atoms with van der Waals surface area (Å²) in [4.78, 5) is 44.4. The molecular weight excluding hydrogens is 438 g/mol. The molecule has 3 aliphatic heterocycles. The van der Waals surface area contributed by atoms with E-state index in [0.29, 0.717) is 24.5 Å². The number of likely N-dealkylation sites (tertiary alicyclic amines) is 1. The molecule has 2 fully saturated rings. The third-order valence-corrected chi connectivity index (χ3v) is 7.79. The number of nitrogens with one attached hydrogen (secondary N) is 1. The SMILES string of the molecule is CCCCN1C(=O)[C@@H]2[C@H](CC)N[C@@]3(C(=O)N(Cc4ccccc4Cl)c4ccccc43)[C@H]2C1=O. The van der Waals surface area contributed by atoms with Crippen LogP contribution in [0, 0.1) is 11.8 Å². The highest BCUT2D eigenvalue weighted by Gasteiger charge is 2.71. The zero-order chi connectivity index (χ0) is 23.3. The summed E-state index contributed by atoms with van der Waals surface area (Å²) in [5.74, 6) is -1.84. The van der Waals surface area contributed by atoms with Gasteiger partial charge in [-0.25, -0.2) is 0 Å². The maximum atomic E-state index is 14.2. The number of fused-ring (bicyclic) bond motifs is 4. The first-order chi connectivity index (χ1) is 16.0. The van der Waals surface area contributed by atoms with Crippen molar-refractivity contribution in [1.82, 2.24) is 10.2 Å². The number of hydrogen-bond acceptors (Lipinski definition) is 4. The van der Waals surface area contributed by atoms with Gasteiger partial charge in [0.25, 0.3) is 5.91 Å². The molecule has 0 radical (unpaired) electrons. The van der Waals surface area contributed by atoms with Crippen LogP contribution in [0.1, 0.15) is 44.2 Å². The summed E-state index contributed by atoms with van der Waals surface area (Å²) in [7, 11) is 0. The van der Waals surface area contributed by atoms with Gasteiger partial charge in [-0.05, 0) is 30.5 Å². The predicted molar refractivity (Wildman–Crippen MR) is 127 cm³/mol. The zero-order valence-electron chi connectivity index (χ0n) is 18.9. The van der Waals surface area contributed by atoms with Crippen molar-refractivity contribution in [3.05, 3.63) is 64.7 Å². The van der Waals surface area contributed by atoms with E-state index in [9.17, 15) is 14.4 Å². The quantitative estimate of drug-likeness (QED) is 0.657. The van der Waals surface area contributed by atoms with Crippen LogP contribution < -0.4 is 10.2 Å². The highest BCUT2D eigenvalue weighted by Crippen LogP contribution is 2.55. The minimum absolute atomic E-state index is 0.149. The predicted octanol–water partition coefficient (Wildman–Crippen LogP) is 3.87. The number of imide groups is 1. The Morgan fingerprint density at radius 2 is 1.70 bits per heavy atom. The first kappa shape index (κ1) is 22.1. The van der Waals surface area contributed by atoms with Crippen LogP contribution in [-0.2, 0) is 26.5 Å². The maximum Gasteiger partial charge on any atom is 0.253 e. The van der Waals surface area contributed by atoms with Crippen LogP contribution >= 0.6 is 11.6 Å². The molecule has 3 amide bonds. The van der Waals surface area contributed by atoms with Crippen LogP contribution in [0.2, 0.25) is 5.02 Å². The first-order valence-corrected chi connectivity index (χ1v) is 12.1. The second kappa shape index (κ2) is 8.26. The van der Waals surface area contributed by atoms with Crippen molar-refractivity contribution in [2.45, 2.75) is 51.2 Å². The molecule has 3 aliphatic rings. The van der Waals surface area contributed by atoms with Crippen molar-refractivity contribution in [3.8, 4) is 0 Å². The van der Waals surface area contributed by atoms with Crippen molar-refractivity contribution in [3.63, 3.8) is 0 Å². The molecule has 6 nitrogen and oxygen atoms in total. The average molecular weight is 466 g/mol. The fraction of sp³-hybridized carbons (Fsp3) is 0.423. The lowest BCUT2D eigenvalue weighted by Gasteiger charge is -2.30. The molecular formula is C26H28ClN3O3. The van der Waals surface area contributed by atoms with E-state index in [-0.39, 0.29) is 23.8 Å². The smallest absolute Gasteiger partial charge is 0.253 e. The van der Waals surface area contributed by atoms with Gasteiger partial charge in [0, 0.05) is 28.9 Å². The molecule has 0 unspecified atom stereocenters. The molecule has 33 heavy (non-hydrogen) atoms. The molecule has 2 saturated heterocycles. The summed E-state index contributed by atoms with van der Waals surface area (Å²) in [6.45, 7) is 4.74. The van der Waals surface area contributed by atoms with Crippen molar-refractivity contribution in [2.24, 2.45) is 11.8 Å². The summed E-state index contributed by atoms with van der Waals surface area (Å²) in [6, 6.07) is 14.8. The summed E-state index contributed by atoms with van der Waals surface area (Å²) < 4.78 is 0. The Morgan fingerprint density at radius 1 is 0.970 bits per heavy atom. The topological polar surface area (TPSA) is 69.7 Å². The largest absolute Gasteiger partial charge is 0.306 e. The fourth-order valence-corrected chi connectivity index (χ4v) is 6.05. The number of anilines is 1. The van der Waals surface area contributed by atoms with Gasteiger partial charge in [0.1, 0.15) is 5.54 Å². The lowest BCUT2D eigenvalue weighted by atomic mass is 9.76. The fourth-order valence-electron chi connectivity index (χ4n) is 5.85. The minimum Gasteiger partial charge on any atom is -0.306 e. The second-order valence-electron chi connectivity index (χ2n) is 9.15. The van der Waals surface area contributed by atoms with E-state index in [1.807, 2.05) is 56.3 Å². The summed E-state index contributed by atoms with van der Waals surface area (Å²) in [5, 5.41) is 4.09. The molecule has 3 heterocycles. The highest BCUT2D eigenvalue weighted by molar-refractivity contribution is 6.31. The molecule has 7 heteroatoms. The van der Waals surface area contributed by atoms with Crippen LogP contribution in [0.5, 0.6) is 0 Å². The van der Waals surface area contributed by atoms with Gasteiger partial charge in [-0.2, -0.15) is 0 Å². The summed E-state index contributed by atoms with van der Waals surface area (Å²) in [5.41, 5.74) is 1.13. The maximum absolute atomic E-state index is 14.2. The van der Waals surface area contributed by atoms with Crippen LogP contribution in [0.4, 0.5) is 5.69 Å². The van der Waals surface area contributed by atoms with Crippen molar-refractivity contribution in [1.29, 1.82) is 0 Å². The Balaban J connectivity index is 1.61. The number of halogens is 1. The van der Waals surface area contributed by atoms with E-state index in [0.717, 1.165) is 29.7 Å². The standard InChI is InChI=1S/C26H28ClN3O3/c1-3-5-14-29-23(31)21-19(4-2)28-26(22(21)24(29)32)17-11-7-9-13-20(17)30(25(26)33)15-16-10-6-8-12-18(16)27/h6-13,19,21-22,28H,3-5,14-15H2,1-2H3/t19-,21+,22+,26+/m0/s1. The van der Waals surface area contributed by atoms with Crippen molar-refractivity contribution < 1.29 is 14.4 Å². The number of carbonyl (C=O) groups is 3. The molecule has 5 rings (SSSR count). The van der Waals surface area contributed by atoms with E-state index in [2.05, 4.69) is 5.32 Å². The molecule has 0 saturated carbocycles. The molecule has 172 valence electrons. The van der Waals surface area contributed by atoms with Crippen molar-refractivity contribution in [2.75, 3.05) is 11.4 Å². The van der Waals surface area contributed by atoms with Gasteiger partial charge in [0.05, 0.1) is 18.4 Å². The van der Waals surface area contributed by atoms with Gasteiger partial charge < -0.3 is 4.90 Å². The van der Waals surface area contributed by atoms with Gasteiger partial charge in [0.2, 0.25) is 11.8 Å². The molecule has 1 N–H and O–H groups in total. The lowest BCUT2D eigenvalue weighted by Crippen LogP contribution is -2.55. The van der Waals surface area contributed by atoms with E-state index >= 15 is 0 Å². The Hall–Kier alpha value is -2.70. The van der Waals surface area contributed by atoms with Crippen LogP contribution in [0.15, 0.2) is 48.5 Å². The molecule has 2 aromatic carbocycles. The van der Waals surface area contributed by atoms with Crippen LogP contribution in [-0.4, -0.2) is 35.2 Å². The summed E-state index contributed by atoms with van der Waals surface area (Å²) >= 11 is 6.41. The normalized spacial score (nSPS) is 28.2. The van der Waals surface area contributed by atoms with Gasteiger partial charge in [-0.1, -0.05) is 68.3 Å². The van der Waals surface area contributed by atoms with E-state index < -0.39 is 17.4 Å². The molecule has 4 atom stereocenters. The Kier molecular flexibility index (Phi) is 5.53. The number of amides is 3. The Morgan fingerprint density at radius 3 is 2.42 bits per heavy atom. The Labute approximate surface area is 198 Å². The lowest BCUT2D eigenvalue weighted by molar-refractivity contribution is -0.143. The highest BCUT2D eigenvalue weighted by atomic mass is 35.5. The molecule has 0 aliphatic carbocycles. The third kappa shape index (κ3) is 3.07. The summed E-state index contributed by atoms with van der Waals surface area (Å²) in [6.07, 6.45) is 2.31. The number of para-hydroxylation sites is 1. The second-order valence-corrected chi connectivity index (χ2v) is 9.56. The van der Waals surface area contributed by atoms with Gasteiger partial charge in [0.15, 0.2) is 0 Å². The van der Waals surface area contributed by atoms with Crippen molar-refractivity contribution >= 4 is 35.0 Å². The van der Waals surface area contributed by atoms with Crippen LogP contribution in [0.25, 0.3) is 0 Å². The van der Waals surface area contributed by atoms with Gasteiger partial charge in [-0.3, -0.25) is 24.6 Å². The molecule has 0 bridgehead atoms. The first-order valence-electron chi connectivity index (χ1n) is 11.7. The van der Waals surface area contributed by atoms with E-state index in [1.54, 1.807) is 11.0 Å². The number of nitrogens with zero attached hydrogens (tertiary/aromatic N) is 2. The average Bonchev–Trinajstić information content (AvgIpc) is 3.38. The Bertz CT molecular complexity index is 1140. The molecule has 2 aromatic rings. The third-order valence-electron chi connectivity index (χ3n) is 7.42. The van der Waals surface area contributed by atoms with Gasteiger partial charge in [-0.15, -0.1) is 0 Å². The van der Waals surface area contributed by atoms with E-state index in [1.165, 1.54) is 4.90 Å². The monoisotopic (exact) mass is 465 g/mol. The minimum atomic E-state index is -1.24. The number of unbranched alkanes of at least 4 members (excludes halogenated alkanes) is 1. The molecule has 0 aromatic heterocycles. The zero-order valence-corrected chi connectivity index (χ0v) is 19.6. The number of benzene rings is 2. The number of hydrogen-bond donors (Lipinski definition) is 1. The number of rotatable bonds is 6. The van der Waals surface area contributed by atoms with Crippen LogP contribution in [0.3, 0.4) is 0 Å². The number of carbonyl (C=O) groups excluding carboxylic acids is 3. The van der Waals surface area contributed by atoms with E-state index in [4.69, 9.17) is 11.6 Å². The molecule has 1 spiro atoms. The van der Waals surface area contributed by atoms with Gasteiger partial charge >= 0.3 is 0 Å².